The number of carbonyl (C=O) groups excluding carboxylic acids is 1. The molecule has 96 valence electrons. The molecule has 1 fully saturated rings. The molecular weight excluding hydrogens is 218 g/mol. The van der Waals surface area contributed by atoms with E-state index in [2.05, 4.69) is 11.4 Å². The summed E-state index contributed by atoms with van der Waals surface area (Å²) < 4.78 is 5.13. The van der Waals surface area contributed by atoms with Crippen LogP contribution in [0.2, 0.25) is 0 Å². The van der Waals surface area contributed by atoms with E-state index in [-0.39, 0.29) is 5.91 Å². The smallest absolute Gasteiger partial charge is 0.224 e. The Labute approximate surface area is 102 Å². The first-order valence-electron chi connectivity index (χ1n) is 6.43. The van der Waals surface area contributed by atoms with Crippen molar-refractivity contribution in [2.24, 2.45) is 0 Å². The summed E-state index contributed by atoms with van der Waals surface area (Å²) in [6, 6.07) is 0. The van der Waals surface area contributed by atoms with Crippen molar-refractivity contribution in [1.82, 2.24) is 5.32 Å². The van der Waals surface area contributed by atoms with Crippen LogP contribution in [0, 0.1) is 0 Å². The van der Waals surface area contributed by atoms with Gasteiger partial charge in [-0.2, -0.15) is 0 Å². The van der Waals surface area contributed by atoms with Crippen molar-refractivity contribution in [3.05, 3.63) is 11.6 Å². The second-order valence-corrected chi connectivity index (χ2v) is 5.09. The monoisotopic (exact) mass is 239 g/mol. The number of hydrogen-bond acceptors (Lipinski definition) is 3. The zero-order valence-electron chi connectivity index (χ0n) is 10.2. The van der Waals surface area contributed by atoms with Crippen molar-refractivity contribution < 1.29 is 14.6 Å². The molecule has 17 heavy (non-hydrogen) atoms. The second kappa shape index (κ2) is 5.65. The first kappa shape index (κ1) is 12.6. The molecule has 1 aliphatic heterocycles. The van der Waals surface area contributed by atoms with Gasteiger partial charge in [-0.15, -0.1) is 0 Å². The van der Waals surface area contributed by atoms with E-state index < -0.39 is 5.60 Å². The SMILES string of the molecule is O=C(CC1=CCCCC1)NCC1(O)CCOC1. The van der Waals surface area contributed by atoms with Crippen LogP contribution in [-0.4, -0.2) is 36.4 Å². The maximum atomic E-state index is 11.7. The molecule has 0 radical (unpaired) electrons. The first-order valence-corrected chi connectivity index (χ1v) is 6.43. The fraction of sp³-hybridized carbons (Fsp3) is 0.769. The molecule has 1 aliphatic carbocycles. The summed E-state index contributed by atoms with van der Waals surface area (Å²) in [6.45, 7) is 1.21. The Balaban J connectivity index is 1.71. The Kier molecular flexibility index (Phi) is 4.18. The summed E-state index contributed by atoms with van der Waals surface area (Å²) in [5.74, 6) is 0.0125. The normalized spacial score (nSPS) is 28.9. The number of rotatable bonds is 4. The van der Waals surface area contributed by atoms with Crippen LogP contribution >= 0.6 is 0 Å². The first-order chi connectivity index (χ1) is 8.18. The standard InChI is InChI=1S/C13H21NO3/c15-12(8-11-4-2-1-3-5-11)14-9-13(16)6-7-17-10-13/h4,16H,1-3,5-10H2,(H,14,15). The Hall–Kier alpha value is -0.870. The van der Waals surface area contributed by atoms with E-state index in [1.165, 1.54) is 18.4 Å². The van der Waals surface area contributed by atoms with E-state index in [1.807, 2.05) is 0 Å². The maximum Gasteiger partial charge on any atom is 0.224 e. The van der Waals surface area contributed by atoms with Crippen LogP contribution in [0.5, 0.6) is 0 Å². The highest BCUT2D eigenvalue weighted by Crippen LogP contribution is 2.20. The molecule has 4 heteroatoms. The predicted molar refractivity (Wildman–Crippen MR) is 64.6 cm³/mol. The molecule has 2 N–H and O–H groups in total. The minimum Gasteiger partial charge on any atom is -0.386 e. The van der Waals surface area contributed by atoms with E-state index >= 15 is 0 Å². The highest BCUT2D eigenvalue weighted by atomic mass is 16.5. The Morgan fingerprint density at radius 2 is 2.41 bits per heavy atom. The second-order valence-electron chi connectivity index (χ2n) is 5.09. The van der Waals surface area contributed by atoms with Gasteiger partial charge in [0.15, 0.2) is 0 Å². The fourth-order valence-corrected chi connectivity index (χ4v) is 2.33. The molecule has 1 amide bonds. The Morgan fingerprint density at radius 3 is 3.06 bits per heavy atom. The van der Waals surface area contributed by atoms with Gasteiger partial charge in [0.1, 0.15) is 5.60 Å². The molecule has 1 saturated heterocycles. The van der Waals surface area contributed by atoms with Crippen molar-refractivity contribution in [2.45, 2.75) is 44.1 Å². The molecule has 4 nitrogen and oxygen atoms in total. The van der Waals surface area contributed by atoms with Crippen molar-refractivity contribution in [1.29, 1.82) is 0 Å². The van der Waals surface area contributed by atoms with Crippen LogP contribution < -0.4 is 5.32 Å². The van der Waals surface area contributed by atoms with E-state index in [4.69, 9.17) is 4.74 Å². The summed E-state index contributed by atoms with van der Waals surface area (Å²) in [7, 11) is 0. The average molecular weight is 239 g/mol. The van der Waals surface area contributed by atoms with Crippen molar-refractivity contribution in [3.8, 4) is 0 Å². The minimum atomic E-state index is -0.851. The van der Waals surface area contributed by atoms with Gasteiger partial charge in [-0.05, 0) is 25.7 Å². The lowest BCUT2D eigenvalue weighted by Crippen LogP contribution is -2.43. The zero-order valence-corrected chi connectivity index (χ0v) is 10.2. The molecule has 0 bridgehead atoms. The van der Waals surface area contributed by atoms with Gasteiger partial charge in [-0.1, -0.05) is 11.6 Å². The quantitative estimate of drug-likeness (QED) is 0.723. The van der Waals surface area contributed by atoms with E-state index in [0.717, 1.165) is 12.8 Å². The number of allylic oxidation sites excluding steroid dienone is 1. The summed E-state index contributed by atoms with van der Waals surface area (Å²) in [4.78, 5) is 11.7. The third kappa shape index (κ3) is 3.82. The molecule has 0 aromatic rings. The van der Waals surface area contributed by atoms with Crippen LogP contribution in [0.1, 0.15) is 38.5 Å². The average Bonchev–Trinajstić information content (AvgIpc) is 2.76. The minimum absolute atomic E-state index is 0.0125. The number of amides is 1. The summed E-state index contributed by atoms with van der Waals surface area (Å²) in [5, 5.41) is 12.8. The van der Waals surface area contributed by atoms with Gasteiger partial charge in [0.2, 0.25) is 5.91 Å². The largest absolute Gasteiger partial charge is 0.386 e. The van der Waals surface area contributed by atoms with Crippen LogP contribution in [0.4, 0.5) is 0 Å². The van der Waals surface area contributed by atoms with Gasteiger partial charge < -0.3 is 15.2 Å². The van der Waals surface area contributed by atoms with Crippen LogP contribution in [0.3, 0.4) is 0 Å². The lowest BCUT2D eigenvalue weighted by atomic mass is 9.97. The third-order valence-electron chi connectivity index (χ3n) is 3.47. The van der Waals surface area contributed by atoms with Crippen LogP contribution in [-0.2, 0) is 9.53 Å². The van der Waals surface area contributed by atoms with E-state index in [0.29, 0.717) is 32.6 Å². The van der Waals surface area contributed by atoms with E-state index in [1.54, 1.807) is 0 Å². The molecule has 1 unspecified atom stereocenters. The summed E-state index contributed by atoms with van der Waals surface area (Å²) in [5.41, 5.74) is 0.389. The molecular formula is C13H21NO3. The van der Waals surface area contributed by atoms with Crippen molar-refractivity contribution >= 4 is 5.91 Å². The lowest BCUT2D eigenvalue weighted by molar-refractivity contribution is -0.121. The summed E-state index contributed by atoms with van der Waals surface area (Å²) in [6.07, 6.45) is 7.84. The zero-order chi connectivity index (χ0) is 12.1. The Bertz CT molecular complexity index is 306. The lowest BCUT2D eigenvalue weighted by Gasteiger charge is -2.21. The van der Waals surface area contributed by atoms with Gasteiger partial charge in [-0.3, -0.25) is 4.79 Å². The van der Waals surface area contributed by atoms with Crippen molar-refractivity contribution in [2.75, 3.05) is 19.8 Å². The van der Waals surface area contributed by atoms with Gasteiger partial charge in [0.25, 0.3) is 0 Å². The Morgan fingerprint density at radius 1 is 1.53 bits per heavy atom. The van der Waals surface area contributed by atoms with E-state index in [9.17, 15) is 9.90 Å². The molecule has 0 spiro atoms. The number of hydrogen-bond donors (Lipinski definition) is 2. The number of ether oxygens (including phenoxy) is 1. The van der Waals surface area contributed by atoms with Crippen LogP contribution in [0.15, 0.2) is 11.6 Å². The molecule has 2 rings (SSSR count). The highest BCUT2D eigenvalue weighted by Gasteiger charge is 2.32. The molecule has 0 saturated carbocycles. The van der Waals surface area contributed by atoms with Crippen LogP contribution in [0.25, 0.3) is 0 Å². The van der Waals surface area contributed by atoms with Gasteiger partial charge in [0, 0.05) is 26.0 Å². The molecule has 1 atom stereocenters. The van der Waals surface area contributed by atoms with Gasteiger partial charge in [0.05, 0.1) is 6.61 Å². The topological polar surface area (TPSA) is 58.6 Å². The highest BCUT2D eigenvalue weighted by molar-refractivity contribution is 5.78. The number of carbonyl (C=O) groups is 1. The van der Waals surface area contributed by atoms with Gasteiger partial charge in [-0.25, -0.2) is 0 Å². The fourth-order valence-electron chi connectivity index (χ4n) is 2.33. The number of nitrogens with one attached hydrogen (secondary N) is 1. The molecule has 2 aliphatic rings. The van der Waals surface area contributed by atoms with Crippen molar-refractivity contribution in [3.63, 3.8) is 0 Å². The third-order valence-corrected chi connectivity index (χ3v) is 3.47. The maximum absolute atomic E-state index is 11.7. The van der Waals surface area contributed by atoms with Gasteiger partial charge >= 0.3 is 0 Å². The summed E-state index contributed by atoms with van der Waals surface area (Å²) >= 11 is 0. The molecule has 0 aromatic heterocycles. The molecule has 0 aromatic carbocycles. The number of aliphatic hydroxyl groups is 1. The predicted octanol–water partition coefficient (Wildman–Crippen LogP) is 1.14. The molecule has 1 heterocycles.